The molecule has 0 saturated heterocycles. The quantitative estimate of drug-likeness (QED) is 0.875. The Morgan fingerprint density at radius 3 is 2.38 bits per heavy atom. The second-order valence-corrected chi connectivity index (χ2v) is 5.91. The van der Waals surface area contributed by atoms with E-state index in [1.165, 1.54) is 0 Å². The van der Waals surface area contributed by atoms with E-state index in [0.29, 0.717) is 5.75 Å². The number of hydrogen-bond donors (Lipinski definition) is 1. The van der Waals surface area contributed by atoms with E-state index in [0.717, 1.165) is 5.56 Å². The Balaban J connectivity index is 2.69. The molecule has 0 aliphatic rings. The van der Waals surface area contributed by atoms with E-state index in [1.807, 2.05) is 45.9 Å². The summed E-state index contributed by atoms with van der Waals surface area (Å²) in [5.74, 6) is -0.471. The first-order valence-corrected chi connectivity index (χ1v) is 6.92. The molecule has 1 aromatic rings. The van der Waals surface area contributed by atoms with Gasteiger partial charge in [0, 0.05) is 12.1 Å². The van der Waals surface area contributed by atoms with E-state index in [1.54, 1.807) is 11.0 Å². The van der Waals surface area contributed by atoms with Crippen molar-refractivity contribution in [2.24, 2.45) is 0 Å². The SMILES string of the molecule is Cc1ccccc1OCC(=O)N(CCC(=O)O)C(C)(C)C. The zero-order valence-corrected chi connectivity index (χ0v) is 13.0. The highest BCUT2D eigenvalue weighted by molar-refractivity contribution is 5.79. The van der Waals surface area contributed by atoms with E-state index < -0.39 is 11.5 Å². The van der Waals surface area contributed by atoms with Gasteiger partial charge in [-0.2, -0.15) is 0 Å². The van der Waals surface area contributed by atoms with Crippen molar-refractivity contribution in [3.05, 3.63) is 29.8 Å². The van der Waals surface area contributed by atoms with Crippen molar-refractivity contribution >= 4 is 11.9 Å². The van der Waals surface area contributed by atoms with Crippen LogP contribution in [0.5, 0.6) is 5.75 Å². The minimum absolute atomic E-state index is 0.0760. The van der Waals surface area contributed by atoms with Gasteiger partial charge in [-0.3, -0.25) is 9.59 Å². The van der Waals surface area contributed by atoms with Crippen LogP contribution in [0, 0.1) is 6.92 Å². The van der Waals surface area contributed by atoms with Crippen molar-refractivity contribution in [2.75, 3.05) is 13.2 Å². The van der Waals surface area contributed by atoms with Crippen LogP contribution in [-0.2, 0) is 9.59 Å². The predicted octanol–water partition coefficient (Wildman–Crippen LogP) is 2.48. The van der Waals surface area contributed by atoms with Crippen LogP contribution in [0.3, 0.4) is 0 Å². The number of nitrogens with zero attached hydrogens (tertiary/aromatic N) is 1. The van der Waals surface area contributed by atoms with Crippen molar-refractivity contribution in [3.63, 3.8) is 0 Å². The number of rotatable bonds is 6. The zero-order valence-electron chi connectivity index (χ0n) is 13.0. The molecule has 1 aromatic carbocycles. The third-order valence-electron chi connectivity index (χ3n) is 3.10. The average molecular weight is 293 g/mol. The molecule has 0 atom stereocenters. The molecule has 0 bridgehead atoms. The number of hydrogen-bond acceptors (Lipinski definition) is 3. The van der Waals surface area contributed by atoms with Crippen LogP contribution in [0.15, 0.2) is 24.3 Å². The Morgan fingerprint density at radius 1 is 1.24 bits per heavy atom. The first-order chi connectivity index (χ1) is 9.71. The van der Waals surface area contributed by atoms with Crippen LogP contribution in [0.4, 0.5) is 0 Å². The van der Waals surface area contributed by atoms with Crippen LogP contribution in [0.25, 0.3) is 0 Å². The molecule has 0 aliphatic heterocycles. The second kappa shape index (κ2) is 7.11. The van der Waals surface area contributed by atoms with Gasteiger partial charge in [-0.15, -0.1) is 0 Å². The fourth-order valence-electron chi connectivity index (χ4n) is 1.98. The molecule has 0 aliphatic carbocycles. The lowest BCUT2D eigenvalue weighted by atomic mass is 10.1. The van der Waals surface area contributed by atoms with Gasteiger partial charge in [-0.1, -0.05) is 18.2 Å². The van der Waals surface area contributed by atoms with E-state index in [9.17, 15) is 9.59 Å². The maximum absolute atomic E-state index is 12.3. The summed E-state index contributed by atoms with van der Waals surface area (Å²) in [7, 11) is 0. The molecule has 116 valence electrons. The fraction of sp³-hybridized carbons (Fsp3) is 0.500. The molecule has 1 amide bonds. The first-order valence-electron chi connectivity index (χ1n) is 6.92. The van der Waals surface area contributed by atoms with Crippen LogP contribution < -0.4 is 4.74 Å². The summed E-state index contributed by atoms with van der Waals surface area (Å²) in [5.41, 5.74) is 0.514. The molecule has 1 N–H and O–H groups in total. The number of carboxylic acids is 1. The number of aryl methyl sites for hydroxylation is 1. The summed E-state index contributed by atoms with van der Waals surface area (Å²) in [5, 5.41) is 8.78. The number of carbonyl (C=O) groups is 2. The van der Waals surface area contributed by atoms with E-state index in [-0.39, 0.29) is 25.5 Å². The molecular formula is C16H23NO4. The van der Waals surface area contributed by atoms with Gasteiger partial charge in [-0.25, -0.2) is 0 Å². The van der Waals surface area contributed by atoms with Crippen LogP contribution in [0.1, 0.15) is 32.8 Å². The number of benzene rings is 1. The minimum atomic E-state index is -0.920. The number of para-hydroxylation sites is 1. The number of amides is 1. The molecule has 5 nitrogen and oxygen atoms in total. The van der Waals surface area contributed by atoms with Gasteiger partial charge < -0.3 is 14.7 Å². The molecule has 0 radical (unpaired) electrons. The molecule has 0 aromatic heterocycles. The number of aliphatic carboxylic acids is 1. The smallest absolute Gasteiger partial charge is 0.305 e. The zero-order chi connectivity index (χ0) is 16.0. The lowest BCUT2D eigenvalue weighted by molar-refractivity contribution is -0.141. The molecule has 21 heavy (non-hydrogen) atoms. The second-order valence-electron chi connectivity index (χ2n) is 5.91. The Kier molecular flexibility index (Phi) is 5.76. The van der Waals surface area contributed by atoms with Crippen molar-refractivity contribution in [2.45, 2.75) is 39.7 Å². The van der Waals surface area contributed by atoms with Crippen molar-refractivity contribution < 1.29 is 19.4 Å². The summed E-state index contributed by atoms with van der Waals surface area (Å²) < 4.78 is 5.54. The maximum Gasteiger partial charge on any atom is 0.305 e. The van der Waals surface area contributed by atoms with Crippen LogP contribution in [-0.4, -0.2) is 40.6 Å². The summed E-state index contributed by atoms with van der Waals surface area (Å²) in [6, 6.07) is 7.46. The lowest BCUT2D eigenvalue weighted by Gasteiger charge is -2.35. The summed E-state index contributed by atoms with van der Waals surface area (Å²) in [4.78, 5) is 24.5. The minimum Gasteiger partial charge on any atom is -0.484 e. The van der Waals surface area contributed by atoms with E-state index in [2.05, 4.69) is 0 Å². The molecule has 1 rings (SSSR count). The molecule has 0 unspecified atom stereocenters. The van der Waals surface area contributed by atoms with Crippen LogP contribution in [0.2, 0.25) is 0 Å². The van der Waals surface area contributed by atoms with Gasteiger partial charge in [0.05, 0.1) is 6.42 Å². The maximum atomic E-state index is 12.3. The van der Waals surface area contributed by atoms with Crippen molar-refractivity contribution in [1.29, 1.82) is 0 Å². The third-order valence-corrected chi connectivity index (χ3v) is 3.10. The number of carbonyl (C=O) groups excluding carboxylic acids is 1. The van der Waals surface area contributed by atoms with Gasteiger partial charge >= 0.3 is 5.97 Å². The predicted molar refractivity (Wildman–Crippen MR) is 80.4 cm³/mol. The van der Waals surface area contributed by atoms with Gasteiger partial charge in [0.25, 0.3) is 5.91 Å². The van der Waals surface area contributed by atoms with Gasteiger partial charge in [-0.05, 0) is 39.3 Å². The normalized spacial score (nSPS) is 11.0. The highest BCUT2D eigenvalue weighted by atomic mass is 16.5. The number of ether oxygens (including phenoxy) is 1. The highest BCUT2D eigenvalue weighted by Crippen LogP contribution is 2.18. The highest BCUT2D eigenvalue weighted by Gasteiger charge is 2.27. The standard InChI is InChI=1S/C16H23NO4/c1-12-7-5-6-8-13(12)21-11-14(18)17(16(2,3)4)10-9-15(19)20/h5-8H,9-11H2,1-4H3,(H,19,20). The van der Waals surface area contributed by atoms with Gasteiger partial charge in [0.15, 0.2) is 6.61 Å². The summed E-state index contributed by atoms with van der Waals surface area (Å²) >= 11 is 0. The number of carboxylic acid groups (broad SMARTS) is 1. The first kappa shape index (κ1) is 17.0. The Morgan fingerprint density at radius 2 is 1.86 bits per heavy atom. The third kappa shape index (κ3) is 5.45. The molecule has 0 spiro atoms. The lowest BCUT2D eigenvalue weighted by Crippen LogP contribution is -2.48. The van der Waals surface area contributed by atoms with Crippen molar-refractivity contribution in [3.8, 4) is 5.75 Å². The Bertz CT molecular complexity index is 505. The van der Waals surface area contributed by atoms with E-state index in [4.69, 9.17) is 9.84 Å². The average Bonchev–Trinajstić information content (AvgIpc) is 2.36. The van der Waals surface area contributed by atoms with E-state index >= 15 is 0 Å². The largest absolute Gasteiger partial charge is 0.484 e. The molecule has 5 heteroatoms. The topological polar surface area (TPSA) is 66.8 Å². The molecule has 0 heterocycles. The monoisotopic (exact) mass is 293 g/mol. The molecule has 0 fully saturated rings. The Labute approximate surface area is 125 Å². The van der Waals surface area contributed by atoms with Gasteiger partial charge in [0.1, 0.15) is 5.75 Å². The van der Waals surface area contributed by atoms with Crippen LogP contribution >= 0.6 is 0 Å². The molecular weight excluding hydrogens is 270 g/mol. The fourth-order valence-corrected chi connectivity index (χ4v) is 1.98. The summed E-state index contributed by atoms with van der Waals surface area (Å²) in [6.45, 7) is 7.61. The Hall–Kier alpha value is -2.04. The van der Waals surface area contributed by atoms with Crippen molar-refractivity contribution in [1.82, 2.24) is 4.90 Å². The molecule has 0 saturated carbocycles. The summed E-state index contributed by atoms with van der Waals surface area (Å²) in [6.07, 6.45) is -0.0760. The van der Waals surface area contributed by atoms with Gasteiger partial charge in [0.2, 0.25) is 0 Å².